The number of benzene rings is 2. The van der Waals surface area contributed by atoms with Crippen LogP contribution in [0.25, 0.3) is 10.9 Å². The largest absolute Gasteiger partial charge is 0.497 e. The number of ether oxygens (including phenoxy) is 2. The van der Waals surface area contributed by atoms with E-state index in [9.17, 15) is 4.79 Å². The van der Waals surface area contributed by atoms with Crippen molar-refractivity contribution in [2.75, 3.05) is 13.7 Å². The van der Waals surface area contributed by atoms with Crippen LogP contribution in [0, 0.1) is 0 Å². The van der Waals surface area contributed by atoms with Crippen LogP contribution in [0.15, 0.2) is 60.8 Å². The molecule has 23 heavy (non-hydrogen) atoms. The Hall–Kier alpha value is -2.75. The molecule has 4 nitrogen and oxygen atoms in total. The molecule has 1 aromatic heterocycles. The molecule has 0 aliphatic heterocycles. The third kappa shape index (κ3) is 3.54. The minimum atomic E-state index is 0.0875. The van der Waals surface area contributed by atoms with Gasteiger partial charge in [0.1, 0.15) is 11.5 Å². The van der Waals surface area contributed by atoms with Crippen molar-refractivity contribution in [3.63, 3.8) is 0 Å². The molecule has 4 heteroatoms. The number of nitrogens with zero attached hydrogens (tertiary/aromatic N) is 1. The Kier molecular flexibility index (Phi) is 4.62. The van der Waals surface area contributed by atoms with Gasteiger partial charge in [-0.1, -0.05) is 18.2 Å². The Morgan fingerprint density at radius 1 is 1.00 bits per heavy atom. The fraction of sp³-hybridized carbons (Fsp3) is 0.211. The number of carbonyl (C=O) groups excluding carboxylic acids is 1. The summed E-state index contributed by atoms with van der Waals surface area (Å²) in [6.45, 7) is 0.511. The van der Waals surface area contributed by atoms with E-state index in [1.165, 1.54) is 0 Å². The zero-order valence-electron chi connectivity index (χ0n) is 13.1. The molecular weight excluding hydrogens is 290 g/mol. The third-order valence-electron chi connectivity index (χ3n) is 3.73. The molecule has 0 bridgehead atoms. The van der Waals surface area contributed by atoms with Gasteiger partial charge in [-0.2, -0.15) is 0 Å². The van der Waals surface area contributed by atoms with E-state index in [0.717, 1.165) is 22.4 Å². The summed E-state index contributed by atoms with van der Waals surface area (Å²) in [4.78, 5) is 12.3. The van der Waals surface area contributed by atoms with E-state index in [4.69, 9.17) is 9.47 Å². The van der Waals surface area contributed by atoms with E-state index in [-0.39, 0.29) is 5.91 Å². The van der Waals surface area contributed by atoms with Crippen LogP contribution < -0.4 is 9.47 Å². The van der Waals surface area contributed by atoms with E-state index in [0.29, 0.717) is 19.4 Å². The molecule has 0 saturated heterocycles. The van der Waals surface area contributed by atoms with Gasteiger partial charge in [-0.05, 0) is 42.8 Å². The second kappa shape index (κ2) is 7.01. The van der Waals surface area contributed by atoms with Crippen LogP contribution in [0.1, 0.15) is 17.6 Å². The predicted molar refractivity (Wildman–Crippen MR) is 90.3 cm³/mol. The first kappa shape index (κ1) is 15.2. The van der Waals surface area contributed by atoms with E-state index >= 15 is 0 Å². The molecule has 1 heterocycles. The highest BCUT2D eigenvalue weighted by atomic mass is 16.5. The Morgan fingerprint density at radius 3 is 2.52 bits per heavy atom. The highest BCUT2D eigenvalue weighted by Crippen LogP contribution is 2.18. The van der Waals surface area contributed by atoms with E-state index in [2.05, 4.69) is 0 Å². The monoisotopic (exact) mass is 309 g/mol. The fourth-order valence-electron chi connectivity index (χ4n) is 2.51. The van der Waals surface area contributed by atoms with Crippen LogP contribution in [-0.4, -0.2) is 24.2 Å². The molecular formula is C19H19NO3. The maximum atomic E-state index is 12.3. The number of hydrogen-bond donors (Lipinski definition) is 0. The second-order valence-corrected chi connectivity index (χ2v) is 5.27. The van der Waals surface area contributed by atoms with Gasteiger partial charge in [0.2, 0.25) is 5.91 Å². The summed E-state index contributed by atoms with van der Waals surface area (Å²) in [7, 11) is 1.63. The van der Waals surface area contributed by atoms with Crippen LogP contribution in [0.4, 0.5) is 0 Å². The number of aromatic nitrogens is 1. The Morgan fingerprint density at radius 2 is 1.74 bits per heavy atom. The standard InChI is InChI=1S/C19H19NO3/c1-22-16-8-10-17(11-9-16)23-14-4-7-19(21)20-13-12-15-5-2-3-6-18(15)20/h2-3,5-6,8-13H,4,7,14H2,1H3. The minimum absolute atomic E-state index is 0.0875. The molecule has 0 N–H and O–H groups in total. The SMILES string of the molecule is COc1ccc(OCCCC(=O)n2ccc3ccccc32)cc1. The lowest BCUT2D eigenvalue weighted by molar-refractivity contribution is 0.0898. The number of fused-ring (bicyclic) bond motifs is 1. The minimum Gasteiger partial charge on any atom is -0.497 e. The summed E-state index contributed by atoms with van der Waals surface area (Å²) >= 11 is 0. The average molecular weight is 309 g/mol. The van der Waals surface area contributed by atoms with Crippen LogP contribution in [0.3, 0.4) is 0 Å². The molecule has 0 radical (unpaired) electrons. The van der Waals surface area contributed by atoms with Crippen molar-refractivity contribution < 1.29 is 14.3 Å². The fourth-order valence-corrected chi connectivity index (χ4v) is 2.51. The summed E-state index contributed by atoms with van der Waals surface area (Å²) in [5.41, 5.74) is 0.952. The molecule has 2 aromatic carbocycles. The summed E-state index contributed by atoms with van der Waals surface area (Å²) < 4.78 is 12.5. The highest BCUT2D eigenvalue weighted by Gasteiger charge is 2.08. The molecule has 0 spiro atoms. The van der Waals surface area contributed by atoms with Crippen molar-refractivity contribution in [3.05, 3.63) is 60.8 Å². The number of para-hydroxylation sites is 1. The normalized spacial score (nSPS) is 10.7. The molecule has 0 aliphatic carbocycles. The van der Waals surface area contributed by atoms with Gasteiger partial charge in [0.15, 0.2) is 0 Å². The predicted octanol–water partition coefficient (Wildman–Crippen LogP) is 4.15. The lowest BCUT2D eigenvalue weighted by Gasteiger charge is -2.07. The van der Waals surface area contributed by atoms with Gasteiger partial charge in [0.05, 0.1) is 19.2 Å². The molecule has 0 aliphatic rings. The van der Waals surface area contributed by atoms with Gasteiger partial charge in [0, 0.05) is 18.0 Å². The Bertz CT molecular complexity index is 790. The van der Waals surface area contributed by atoms with Crippen LogP contribution >= 0.6 is 0 Å². The molecule has 0 fully saturated rings. The average Bonchev–Trinajstić information content (AvgIpc) is 3.03. The molecule has 0 unspecified atom stereocenters. The van der Waals surface area contributed by atoms with E-state index in [1.54, 1.807) is 11.7 Å². The van der Waals surface area contributed by atoms with Crippen LogP contribution in [0.2, 0.25) is 0 Å². The van der Waals surface area contributed by atoms with Crippen LogP contribution in [-0.2, 0) is 0 Å². The zero-order chi connectivity index (χ0) is 16.1. The summed E-state index contributed by atoms with van der Waals surface area (Å²) in [6, 6.07) is 17.3. The van der Waals surface area contributed by atoms with Gasteiger partial charge in [-0.3, -0.25) is 9.36 Å². The molecule has 0 amide bonds. The Balaban J connectivity index is 1.51. The molecule has 3 rings (SSSR count). The summed E-state index contributed by atoms with van der Waals surface area (Å²) in [6.07, 6.45) is 2.96. The summed E-state index contributed by atoms with van der Waals surface area (Å²) in [5, 5.41) is 1.08. The first-order valence-corrected chi connectivity index (χ1v) is 7.64. The smallest absolute Gasteiger partial charge is 0.231 e. The lowest BCUT2D eigenvalue weighted by Crippen LogP contribution is -2.10. The topological polar surface area (TPSA) is 40.5 Å². The second-order valence-electron chi connectivity index (χ2n) is 5.27. The van der Waals surface area contributed by atoms with Gasteiger partial charge in [-0.25, -0.2) is 0 Å². The van der Waals surface area contributed by atoms with Crippen molar-refractivity contribution in [1.82, 2.24) is 4.57 Å². The quantitative estimate of drug-likeness (QED) is 0.642. The number of carbonyl (C=O) groups is 1. The first-order valence-electron chi connectivity index (χ1n) is 7.64. The van der Waals surface area contributed by atoms with E-state index in [1.807, 2.05) is 60.8 Å². The first-order chi connectivity index (χ1) is 11.3. The Labute approximate surface area is 135 Å². The zero-order valence-corrected chi connectivity index (χ0v) is 13.1. The van der Waals surface area contributed by atoms with E-state index < -0.39 is 0 Å². The maximum absolute atomic E-state index is 12.3. The maximum Gasteiger partial charge on any atom is 0.231 e. The van der Waals surface area contributed by atoms with Gasteiger partial charge in [-0.15, -0.1) is 0 Å². The number of hydrogen-bond acceptors (Lipinski definition) is 3. The van der Waals surface area contributed by atoms with Crippen molar-refractivity contribution in [2.24, 2.45) is 0 Å². The van der Waals surface area contributed by atoms with Crippen molar-refractivity contribution in [1.29, 1.82) is 0 Å². The van der Waals surface area contributed by atoms with Gasteiger partial charge in [0.25, 0.3) is 0 Å². The highest BCUT2D eigenvalue weighted by molar-refractivity contribution is 5.92. The lowest BCUT2D eigenvalue weighted by atomic mass is 10.2. The summed E-state index contributed by atoms with van der Waals surface area (Å²) in [5.74, 6) is 1.67. The van der Waals surface area contributed by atoms with Crippen molar-refractivity contribution in [3.8, 4) is 11.5 Å². The van der Waals surface area contributed by atoms with Crippen molar-refractivity contribution >= 4 is 16.8 Å². The molecule has 118 valence electrons. The number of methoxy groups -OCH3 is 1. The molecule has 3 aromatic rings. The third-order valence-corrected chi connectivity index (χ3v) is 3.73. The molecule has 0 atom stereocenters. The van der Waals surface area contributed by atoms with Crippen molar-refractivity contribution in [2.45, 2.75) is 12.8 Å². The molecule has 0 saturated carbocycles. The van der Waals surface area contributed by atoms with Gasteiger partial charge >= 0.3 is 0 Å². The van der Waals surface area contributed by atoms with Gasteiger partial charge < -0.3 is 9.47 Å². The number of rotatable bonds is 6. The van der Waals surface area contributed by atoms with Crippen LogP contribution in [0.5, 0.6) is 11.5 Å².